The van der Waals surface area contributed by atoms with E-state index < -0.39 is 0 Å². The van der Waals surface area contributed by atoms with E-state index in [1.807, 2.05) is 25.1 Å². The summed E-state index contributed by atoms with van der Waals surface area (Å²) >= 11 is 3.47. The molecule has 0 aliphatic carbocycles. The van der Waals surface area contributed by atoms with Crippen molar-refractivity contribution in [3.63, 3.8) is 0 Å². The van der Waals surface area contributed by atoms with E-state index >= 15 is 0 Å². The average molecular weight is 422 g/mol. The van der Waals surface area contributed by atoms with Crippen LogP contribution in [0.4, 0.5) is 0 Å². The van der Waals surface area contributed by atoms with E-state index in [0.717, 1.165) is 33.1 Å². The summed E-state index contributed by atoms with van der Waals surface area (Å²) in [4.78, 5) is 29.2. The van der Waals surface area contributed by atoms with Crippen LogP contribution in [-0.4, -0.2) is 30.1 Å². The Bertz CT molecular complexity index is 804. The first kappa shape index (κ1) is 20.4. The molecule has 0 atom stereocenters. The molecule has 5 nitrogen and oxygen atoms in total. The third-order valence-electron chi connectivity index (χ3n) is 3.98. The van der Waals surface area contributed by atoms with Crippen LogP contribution in [0, 0.1) is 0 Å². The molecule has 1 aromatic carbocycles. The highest BCUT2D eigenvalue weighted by Gasteiger charge is 2.22. The van der Waals surface area contributed by atoms with Crippen molar-refractivity contribution in [2.45, 2.75) is 46.5 Å². The highest BCUT2D eigenvalue weighted by atomic mass is 79.9. The number of carbonyl (C=O) groups excluding carboxylic acids is 2. The normalized spacial score (nSPS) is 10.8. The maximum Gasteiger partial charge on any atom is 0.340 e. The number of rotatable bonds is 8. The van der Waals surface area contributed by atoms with Gasteiger partial charge in [0.05, 0.1) is 30.0 Å². The van der Waals surface area contributed by atoms with Crippen LogP contribution in [0.5, 0.6) is 0 Å². The molecule has 0 fully saturated rings. The Kier molecular flexibility index (Phi) is 7.57. The Balaban J connectivity index is 2.61. The van der Waals surface area contributed by atoms with Crippen LogP contribution in [0.25, 0.3) is 10.9 Å². The van der Waals surface area contributed by atoms with Gasteiger partial charge >= 0.3 is 11.9 Å². The Hall–Kier alpha value is -1.95. The van der Waals surface area contributed by atoms with E-state index in [1.54, 1.807) is 13.8 Å². The van der Waals surface area contributed by atoms with E-state index in [-0.39, 0.29) is 18.4 Å². The second-order valence-electron chi connectivity index (χ2n) is 5.85. The van der Waals surface area contributed by atoms with Crippen LogP contribution < -0.4 is 0 Å². The SMILES string of the molecule is CCCc1nc2cc(Br)ccc2c(CCC(=O)OCC)c1C(=O)OCC. The van der Waals surface area contributed by atoms with Gasteiger partial charge in [-0.3, -0.25) is 9.78 Å². The molecular weight excluding hydrogens is 398 g/mol. The first-order valence-corrected chi connectivity index (χ1v) is 9.74. The zero-order valence-corrected chi connectivity index (χ0v) is 17.0. The Morgan fingerprint density at radius 1 is 1.08 bits per heavy atom. The van der Waals surface area contributed by atoms with Crippen molar-refractivity contribution in [1.82, 2.24) is 4.98 Å². The topological polar surface area (TPSA) is 65.5 Å². The van der Waals surface area contributed by atoms with Crippen LogP contribution >= 0.6 is 15.9 Å². The van der Waals surface area contributed by atoms with Crippen molar-refractivity contribution in [2.75, 3.05) is 13.2 Å². The van der Waals surface area contributed by atoms with Gasteiger partial charge in [0.25, 0.3) is 0 Å². The maximum atomic E-state index is 12.7. The van der Waals surface area contributed by atoms with Crippen LogP contribution in [0.1, 0.15) is 55.2 Å². The number of aryl methyl sites for hydroxylation is 2. The Morgan fingerprint density at radius 3 is 2.46 bits per heavy atom. The smallest absolute Gasteiger partial charge is 0.340 e. The Morgan fingerprint density at radius 2 is 1.81 bits per heavy atom. The van der Waals surface area contributed by atoms with Gasteiger partial charge in [0.15, 0.2) is 0 Å². The second-order valence-corrected chi connectivity index (χ2v) is 6.76. The number of hydrogen-bond donors (Lipinski definition) is 0. The van der Waals surface area contributed by atoms with Crippen molar-refractivity contribution < 1.29 is 19.1 Å². The molecule has 1 aromatic heterocycles. The third kappa shape index (κ3) is 4.81. The summed E-state index contributed by atoms with van der Waals surface area (Å²) in [5.74, 6) is -0.659. The number of hydrogen-bond acceptors (Lipinski definition) is 5. The van der Waals surface area contributed by atoms with E-state index in [9.17, 15) is 9.59 Å². The van der Waals surface area contributed by atoms with Gasteiger partial charge in [0.2, 0.25) is 0 Å². The second kappa shape index (κ2) is 9.67. The summed E-state index contributed by atoms with van der Waals surface area (Å²) in [6.07, 6.45) is 2.14. The summed E-state index contributed by atoms with van der Waals surface area (Å²) in [5.41, 5.74) is 2.82. The Labute approximate surface area is 162 Å². The van der Waals surface area contributed by atoms with Gasteiger partial charge in [0.1, 0.15) is 0 Å². The van der Waals surface area contributed by atoms with Gasteiger partial charge in [-0.05, 0) is 44.4 Å². The number of nitrogens with zero attached hydrogens (tertiary/aromatic N) is 1. The highest BCUT2D eigenvalue weighted by Crippen LogP contribution is 2.29. The molecule has 0 radical (unpaired) electrons. The third-order valence-corrected chi connectivity index (χ3v) is 4.47. The van der Waals surface area contributed by atoms with E-state index in [0.29, 0.717) is 31.6 Å². The quantitative estimate of drug-likeness (QED) is 0.581. The minimum Gasteiger partial charge on any atom is -0.466 e. The summed E-state index contributed by atoms with van der Waals surface area (Å²) < 4.78 is 11.2. The molecule has 2 aromatic rings. The van der Waals surface area contributed by atoms with E-state index in [1.165, 1.54) is 0 Å². The number of esters is 2. The zero-order chi connectivity index (χ0) is 19.1. The minimum atomic E-state index is -0.382. The molecule has 140 valence electrons. The largest absolute Gasteiger partial charge is 0.466 e. The standard InChI is InChI=1S/C20H24BrNO4/c1-4-7-16-19(20(24)26-6-3)15(10-11-18(23)25-5-2)14-9-8-13(21)12-17(14)22-16/h8-9,12H,4-7,10-11H2,1-3H3. The van der Waals surface area contributed by atoms with Crippen molar-refractivity contribution in [2.24, 2.45) is 0 Å². The molecule has 0 unspecified atom stereocenters. The summed E-state index contributed by atoms with van der Waals surface area (Å²) in [6.45, 7) is 6.23. The molecule has 0 aliphatic rings. The number of halogens is 1. The first-order valence-electron chi connectivity index (χ1n) is 8.95. The number of benzene rings is 1. The number of carbonyl (C=O) groups is 2. The molecule has 0 aliphatic heterocycles. The highest BCUT2D eigenvalue weighted by molar-refractivity contribution is 9.10. The predicted octanol–water partition coefficient (Wildman–Crippen LogP) is 4.62. The number of fused-ring (bicyclic) bond motifs is 1. The van der Waals surface area contributed by atoms with E-state index in [2.05, 4.69) is 15.9 Å². The lowest BCUT2D eigenvalue weighted by Gasteiger charge is -2.16. The molecular formula is C20H24BrNO4. The van der Waals surface area contributed by atoms with Gasteiger partial charge in [-0.1, -0.05) is 35.3 Å². The van der Waals surface area contributed by atoms with Crippen molar-refractivity contribution >= 4 is 38.8 Å². The number of pyridine rings is 1. The maximum absolute atomic E-state index is 12.7. The van der Waals surface area contributed by atoms with Crippen LogP contribution in [0.2, 0.25) is 0 Å². The fourth-order valence-electron chi connectivity index (χ4n) is 2.94. The molecule has 2 rings (SSSR count). The van der Waals surface area contributed by atoms with Gasteiger partial charge in [0, 0.05) is 16.3 Å². The molecule has 26 heavy (non-hydrogen) atoms. The van der Waals surface area contributed by atoms with Crippen molar-refractivity contribution in [3.05, 3.63) is 39.5 Å². The van der Waals surface area contributed by atoms with Crippen molar-refractivity contribution in [3.8, 4) is 0 Å². The molecule has 6 heteroatoms. The first-order chi connectivity index (χ1) is 12.5. The fraction of sp³-hybridized carbons (Fsp3) is 0.450. The van der Waals surface area contributed by atoms with Gasteiger partial charge in [-0.2, -0.15) is 0 Å². The van der Waals surface area contributed by atoms with Crippen LogP contribution in [-0.2, 0) is 27.1 Å². The molecule has 0 saturated carbocycles. The lowest BCUT2D eigenvalue weighted by Crippen LogP contribution is -2.15. The molecule has 0 spiro atoms. The number of aromatic nitrogens is 1. The van der Waals surface area contributed by atoms with Gasteiger partial charge < -0.3 is 9.47 Å². The van der Waals surface area contributed by atoms with Crippen LogP contribution in [0.3, 0.4) is 0 Å². The van der Waals surface area contributed by atoms with E-state index in [4.69, 9.17) is 14.5 Å². The fourth-order valence-corrected chi connectivity index (χ4v) is 3.29. The van der Waals surface area contributed by atoms with Crippen LogP contribution in [0.15, 0.2) is 22.7 Å². The molecule has 0 amide bonds. The summed E-state index contributed by atoms with van der Waals surface area (Å²) in [6, 6.07) is 5.76. The van der Waals surface area contributed by atoms with Gasteiger partial charge in [-0.15, -0.1) is 0 Å². The molecule has 1 heterocycles. The lowest BCUT2D eigenvalue weighted by atomic mass is 9.95. The predicted molar refractivity (Wildman–Crippen MR) is 104 cm³/mol. The lowest BCUT2D eigenvalue weighted by molar-refractivity contribution is -0.143. The van der Waals surface area contributed by atoms with Gasteiger partial charge in [-0.25, -0.2) is 4.79 Å². The van der Waals surface area contributed by atoms with Crippen molar-refractivity contribution in [1.29, 1.82) is 0 Å². The summed E-state index contributed by atoms with van der Waals surface area (Å²) in [5, 5.41) is 0.861. The molecule has 0 bridgehead atoms. The minimum absolute atomic E-state index is 0.209. The number of ether oxygens (including phenoxy) is 2. The average Bonchev–Trinajstić information content (AvgIpc) is 2.59. The molecule has 0 saturated heterocycles. The summed E-state index contributed by atoms with van der Waals surface area (Å²) in [7, 11) is 0. The molecule has 0 N–H and O–H groups in total. The zero-order valence-electron chi connectivity index (χ0n) is 15.4. The monoisotopic (exact) mass is 421 g/mol.